The van der Waals surface area contributed by atoms with Gasteiger partial charge in [0.15, 0.2) is 5.43 Å². The lowest BCUT2D eigenvalue weighted by atomic mass is 10.2. The van der Waals surface area contributed by atoms with E-state index >= 15 is 0 Å². The van der Waals surface area contributed by atoms with Crippen molar-refractivity contribution in [3.05, 3.63) is 21.4 Å². The highest BCUT2D eigenvalue weighted by Gasteiger charge is 2.19. The summed E-state index contributed by atoms with van der Waals surface area (Å²) in [7, 11) is 0. The maximum Gasteiger partial charge on any atom is 0.185 e. The molecule has 0 spiro atoms. The predicted octanol–water partition coefficient (Wildman–Crippen LogP) is 1.35. The molecule has 0 aliphatic carbocycles. The van der Waals surface area contributed by atoms with E-state index in [4.69, 9.17) is 0 Å². The molecular weight excluding hydrogens is 100 g/mol. The van der Waals surface area contributed by atoms with Crippen LogP contribution in [0.25, 0.3) is 0 Å². The van der Waals surface area contributed by atoms with Crippen molar-refractivity contribution in [2.24, 2.45) is 0 Å². The second-order valence-corrected chi connectivity index (χ2v) is 2.52. The highest BCUT2D eigenvalue weighted by molar-refractivity contribution is 5.39. The van der Waals surface area contributed by atoms with Crippen molar-refractivity contribution in [1.29, 1.82) is 0 Å². The molecule has 0 heterocycles. The van der Waals surface area contributed by atoms with Gasteiger partial charge in [-0.2, -0.15) is 0 Å². The molecule has 0 aromatic heterocycles. The van der Waals surface area contributed by atoms with Gasteiger partial charge in [-0.25, -0.2) is 0 Å². The van der Waals surface area contributed by atoms with E-state index in [9.17, 15) is 4.79 Å². The van der Waals surface area contributed by atoms with Crippen LogP contribution < -0.4 is 5.43 Å². The molecule has 0 aliphatic rings. The van der Waals surface area contributed by atoms with Gasteiger partial charge in [-0.05, 0) is 12.8 Å². The van der Waals surface area contributed by atoms with Crippen molar-refractivity contribution >= 4 is 0 Å². The average molecular weight is 110 g/mol. The van der Waals surface area contributed by atoms with Crippen molar-refractivity contribution in [2.45, 2.75) is 26.7 Å². The molecule has 0 amide bonds. The van der Waals surface area contributed by atoms with Crippen LogP contribution in [0.2, 0.25) is 0 Å². The Balaban J connectivity index is 2.81. The summed E-state index contributed by atoms with van der Waals surface area (Å²) in [5.41, 5.74) is 2.32. The first-order valence-electron chi connectivity index (χ1n) is 2.90. The van der Waals surface area contributed by atoms with E-state index in [1.165, 1.54) is 0 Å². The maximum atomic E-state index is 10.6. The quantitative estimate of drug-likeness (QED) is 0.533. The van der Waals surface area contributed by atoms with Crippen molar-refractivity contribution in [3.8, 4) is 0 Å². The second-order valence-electron chi connectivity index (χ2n) is 2.52. The van der Waals surface area contributed by atoms with Crippen LogP contribution >= 0.6 is 0 Å². The lowest BCUT2D eigenvalue weighted by molar-refractivity contribution is 0.884. The first-order valence-corrected chi connectivity index (χ1v) is 2.90. The highest BCUT2D eigenvalue weighted by Crippen LogP contribution is 2.18. The zero-order valence-electron chi connectivity index (χ0n) is 5.49. The second kappa shape index (κ2) is 1.44. The Morgan fingerprint density at radius 3 is 1.75 bits per heavy atom. The SMILES string of the molecule is Cc1c(C(C)C)c1=O. The fraction of sp³-hybridized carbons (Fsp3) is 0.571. The minimum Gasteiger partial charge on any atom is -0.289 e. The molecule has 0 fully saturated rings. The maximum absolute atomic E-state index is 10.6. The average Bonchev–Trinajstić information content (AvgIpc) is 2.15. The van der Waals surface area contributed by atoms with Gasteiger partial charge in [0, 0.05) is 11.1 Å². The number of hydrogen-bond donors (Lipinski definition) is 0. The Bertz CT molecular complexity index is 202. The van der Waals surface area contributed by atoms with E-state index in [1.807, 2.05) is 20.8 Å². The molecule has 0 radical (unpaired) electrons. The largest absolute Gasteiger partial charge is 0.289 e. The fourth-order valence-electron chi connectivity index (χ4n) is 0.972. The van der Waals surface area contributed by atoms with Crippen LogP contribution in [0.5, 0.6) is 0 Å². The van der Waals surface area contributed by atoms with Crippen LogP contribution in [0.3, 0.4) is 0 Å². The van der Waals surface area contributed by atoms with E-state index in [2.05, 4.69) is 0 Å². The molecular formula is C7H10O. The summed E-state index contributed by atoms with van der Waals surface area (Å²) >= 11 is 0. The summed E-state index contributed by atoms with van der Waals surface area (Å²) in [5.74, 6) is 0.447. The van der Waals surface area contributed by atoms with Crippen LogP contribution in [0.15, 0.2) is 4.79 Å². The standard InChI is InChI=1S/C7H10O/c1-4(2)6-5(3)7(6)8/h4H,1-3H3. The van der Waals surface area contributed by atoms with Crippen molar-refractivity contribution < 1.29 is 0 Å². The smallest absolute Gasteiger partial charge is 0.185 e. The molecule has 1 aromatic rings. The zero-order chi connectivity index (χ0) is 6.31. The van der Waals surface area contributed by atoms with Gasteiger partial charge in [-0.1, -0.05) is 13.8 Å². The van der Waals surface area contributed by atoms with Gasteiger partial charge < -0.3 is 0 Å². The van der Waals surface area contributed by atoms with Gasteiger partial charge in [0.25, 0.3) is 0 Å². The molecule has 1 aromatic carbocycles. The zero-order valence-corrected chi connectivity index (χ0v) is 5.49. The third-order valence-corrected chi connectivity index (χ3v) is 1.50. The summed E-state index contributed by atoms with van der Waals surface area (Å²) in [6.45, 7) is 5.98. The van der Waals surface area contributed by atoms with E-state index in [1.54, 1.807) is 0 Å². The molecule has 0 atom stereocenters. The van der Waals surface area contributed by atoms with Gasteiger partial charge in [0.05, 0.1) is 0 Å². The first kappa shape index (κ1) is 5.54. The third kappa shape index (κ3) is 0.585. The first-order chi connectivity index (χ1) is 3.64. The summed E-state index contributed by atoms with van der Waals surface area (Å²) < 4.78 is 0. The van der Waals surface area contributed by atoms with E-state index in [-0.39, 0.29) is 0 Å². The molecule has 0 N–H and O–H groups in total. The minimum absolute atomic E-state index is 0.292. The van der Waals surface area contributed by atoms with Crippen LogP contribution in [0.4, 0.5) is 0 Å². The van der Waals surface area contributed by atoms with Gasteiger partial charge in [0.1, 0.15) is 0 Å². The van der Waals surface area contributed by atoms with Crippen molar-refractivity contribution in [3.63, 3.8) is 0 Å². The third-order valence-electron chi connectivity index (χ3n) is 1.50. The van der Waals surface area contributed by atoms with Crippen LogP contribution in [0, 0.1) is 6.92 Å². The Morgan fingerprint density at radius 2 is 1.75 bits per heavy atom. The molecule has 1 rings (SSSR count). The summed E-state index contributed by atoms with van der Waals surface area (Å²) in [6.07, 6.45) is 0. The van der Waals surface area contributed by atoms with Gasteiger partial charge >= 0.3 is 0 Å². The Kier molecular flexibility index (Phi) is 0.999. The highest BCUT2D eigenvalue weighted by atomic mass is 16.1. The topological polar surface area (TPSA) is 17.1 Å². The van der Waals surface area contributed by atoms with Gasteiger partial charge in [-0.3, -0.25) is 4.79 Å². The molecule has 0 aliphatic heterocycles. The number of hydrogen-bond acceptors (Lipinski definition) is 1. The number of rotatable bonds is 1. The molecule has 0 saturated heterocycles. The molecule has 44 valence electrons. The molecule has 8 heavy (non-hydrogen) atoms. The van der Waals surface area contributed by atoms with Crippen molar-refractivity contribution in [2.75, 3.05) is 0 Å². The van der Waals surface area contributed by atoms with Crippen LogP contribution in [0.1, 0.15) is 30.9 Å². The Labute approximate surface area is 49.0 Å². The summed E-state index contributed by atoms with van der Waals surface area (Å²) in [4.78, 5) is 10.6. The van der Waals surface area contributed by atoms with Gasteiger partial charge in [-0.15, -0.1) is 0 Å². The lowest BCUT2D eigenvalue weighted by Gasteiger charge is -1.88. The minimum atomic E-state index is 0.292. The predicted molar refractivity (Wildman–Crippen MR) is 33.9 cm³/mol. The molecule has 0 unspecified atom stereocenters. The summed E-state index contributed by atoms with van der Waals surface area (Å²) in [5, 5.41) is 0. The van der Waals surface area contributed by atoms with E-state index in [0.29, 0.717) is 11.3 Å². The van der Waals surface area contributed by atoms with E-state index < -0.39 is 0 Å². The molecule has 1 nitrogen and oxygen atoms in total. The fourth-order valence-corrected chi connectivity index (χ4v) is 0.972. The lowest BCUT2D eigenvalue weighted by Crippen LogP contribution is -1.83. The van der Waals surface area contributed by atoms with Crippen molar-refractivity contribution in [1.82, 2.24) is 0 Å². The monoisotopic (exact) mass is 110 g/mol. The van der Waals surface area contributed by atoms with Gasteiger partial charge in [0.2, 0.25) is 0 Å². The normalized spacial score (nSPS) is 11.5. The van der Waals surface area contributed by atoms with Crippen LogP contribution in [-0.4, -0.2) is 0 Å². The Hall–Kier alpha value is -0.590. The molecule has 0 bridgehead atoms. The molecule has 0 saturated carbocycles. The van der Waals surface area contributed by atoms with E-state index in [0.717, 1.165) is 11.1 Å². The summed E-state index contributed by atoms with van der Waals surface area (Å²) in [6, 6.07) is 0. The molecule has 1 heteroatoms. The Morgan fingerprint density at radius 1 is 1.38 bits per heavy atom. The van der Waals surface area contributed by atoms with Crippen LogP contribution in [-0.2, 0) is 0 Å².